The van der Waals surface area contributed by atoms with Crippen LogP contribution in [-0.4, -0.2) is 45.4 Å². The van der Waals surface area contributed by atoms with Crippen molar-refractivity contribution in [2.24, 2.45) is 7.05 Å². The number of aromatic nitrogens is 3. The van der Waals surface area contributed by atoms with Gasteiger partial charge >= 0.3 is 0 Å². The molecule has 136 valence electrons. The third kappa shape index (κ3) is 4.56. The third-order valence-corrected chi connectivity index (χ3v) is 4.94. The molecule has 1 aromatic heterocycles. The highest BCUT2D eigenvalue weighted by Gasteiger charge is 2.14. The molecule has 0 aliphatic carbocycles. The van der Waals surface area contributed by atoms with Crippen LogP contribution in [0.4, 0.5) is 0 Å². The zero-order valence-corrected chi connectivity index (χ0v) is 15.5. The smallest absolute Gasteiger partial charge is 0.191 e. The van der Waals surface area contributed by atoms with Crippen LogP contribution in [0.2, 0.25) is 0 Å². The first-order valence-corrected chi connectivity index (χ1v) is 9.18. The molecule has 0 aliphatic heterocycles. The maximum atomic E-state index is 10.1. The second-order valence-corrected chi connectivity index (χ2v) is 6.67. The van der Waals surface area contributed by atoms with E-state index in [1.165, 1.54) is 11.8 Å². The standard InChI is InChI=1S/C19H21N3O3S/c1-22-18(14-8-10-16(24-2)11-9-14)20-21-19(22)26-13-15(23)12-25-17-6-4-3-5-7-17/h3-11,15,23H,12-13H2,1-2H3/t15-/m1/s1. The van der Waals surface area contributed by atoms with E-state index >= 15 is 0 Å². The molecule has 0 fully saturated rings. The predicted octanol–water partition coefficient (Wildman–Crippen LogP) is 3.02. The number of aliphatic hydroxyl groups excluding tert-OH is 1. The van der Waals surface area contributed by atoms with Gasteiger partial charge < -0.3 is 19.1 Å². The van der Waals surface area contributed by atoms with Crippen molar-refractivity contribution in [3.63, 3.8) is 0 Å². The van der Waals surface area contributed by atoms with E-state index < -0.39 is 6.10 Å². The third-order valence-electron chi connectivity index (χ3n) is 3.77. The number of aliphatic hydroxyl groups is 1. The van der Waals surface area contributed by atoms with Crippen LogP contribution < -0.4 is 9.47 Å². The molecule has 1 N–H and O–H groups in total. The number of hydrogen-bond acceptors (Lipinski definition) is 6. The number of benzene rings is 2. The Kier molecular flexibility index (Phi) is 6.14. The first kappa shape index (κ1) is 18.3. The molecule has 0 unspecified atom stereocenters. The van der Waals surface area contributed by atoms with Gasteiger partial charge in [-0.3, -0.25) is 0 Å². The quantitative estimate of drug-likeness (QED) is 0.614. The molecule has 0 aliphatic rings. The Hall–Kier alpha value is -2.51. The number of rotatable bonds is 8. The zero-order valence-electron chi connectivity index (χ0n) is 14.7. The van der Waals surface area contributed by atoms with E-state index in [-0.39, 0.29) is 6.61 Å². The molecule has 6 nitrogen and oxygen atoms in total. The highest BCUT2D eigenvalue weighted by molar-refractivity contribution is 7.99. The van der Waals surface area contributed by atoms with Gasteiger partial charge in [0, 0.05) is 18.4 Å². The molecular formula is C19H21N3O3S. The van der Waals surface area contributed by atoms with Gasteiger partial charge in [0.15, 0.2) is 11.0 Å². The zero-order chi connectivity index (χ0) is 18.4. The van der Waals surface area contributed by atoms with Crippen LogP contribution in [0.15, 0.2) is 59.8 Å². The van der Waals surface area contributed by atoms with Crippen molar-refractivity contribution in [2.45, 2.75) is 11.3 Å². The Morgan fingerprint density at radius 2 is 1.77 bits per heavy atom. The summed E-state index contributed by atoms with van der Waals surface area (Å²) in [6.07, 6.45) is -0.596. The lowest BCUT2D eigenvalue weighted by molar-refractivity contribution is 0.126. The average Bonchev–Trinajstić information content (AvgIpc) is 3.06. The van der Waals surface area contributed by atoms with Crippen LogP contribution in [0.25, 0.3) is 11.4 Å². The molecule has 0 bridgehead atoms. The molecule has 2 aromatic carbocycles. The fraction of sp³-hybridized carbons (Fsp3) is 0.263. The number of nitrogens with zero attached hydrogens (tertiary/aromatic N) is 3. The molecule has 0 amide bonds. The summed E-state index contributed by atoms with van der Waals surface area (Å²) < 4.78 is 12.7. The Bertz CT molecular complexity index is 822. The second-order valence-electron chi connectivity index (χ2n) is 5.68. The van der Waals surface area contributed by atoms with Gasteiger partial charge in [-0.05, 0) is 36.4 Å². The monoisotopic (exact) mass is 371 g/mol. The van der Waals surface area contributed by atoms with E-state index in [1.54, 1.807) is 7.11 Å². The predicted molar refractivity (Wildman–Crippen MR) is 102 cm³/mol. The van der Waals surface area contributed by atoms with Crippen LogP contribution >= 0.6 is 11.8 Å². The maximum Gasteiger partial charge on any atom is 0.191 e. The molecule has 7 heteroatoms. The van der Waals surface area contributed by atoms with Gasteiger partial charge in [0.2, 0.25) is 0 Å². The Morgan fingerprint density at radius 3 is 2.46 bits per heavy atom. The van der Waals surface area contributed by atoms with Gasteiger partial charge in [0.1, 0.15) is 18.1 Å². The number of para-hydroxylation sites is 1. The van der Waals surface area contributed by atoms with Crippen LogP contribution in [0.3, 0.4) is 0 Å². The minimum Gasteiger partial charge on any atom is -0.497 e. The SMILES string of the molecule is COc1ccc(-c2nnc(SC[C@H](O)COc3ccccc3)n2C)cc1. The van der Waals surface area contributed by atoms with Crippen LogP contribution in [-0.2, 0) is 7.05 Å². The summed E-state index contributed by atoms with van der Waals surface area (Å²) in [4.78, 5) is 0. The number of hydrogen-bond donors (Lipinski definition) is 1. The maximum absolute atomic E-state index is 10.1. The van der Waals surface area contributed by atoms with E-state index in [9.17, 15) is 5.11 Å². The number of ether oxygens (including phenoxy) is 2. The van der Waals surface area contributed by atoms with Gasteiger partial charge in [-0.2, -0.15) is 0 Å². The van der Waals surface area contributed by atoms with Crippen LogP contribution in [0.1, 0.15) is 0 Å². The average molecular weight is 371 g/mol. The van der Waals surface area contributed by atoms with Crippen molar-refractivity contribution in [1.29, 1.82) is 0 Å². The fourth-order valence-corrected chi connectivity index (χ4v) is 3.18. The summed E-state index contributed by atoms with van der Waals surface area (Å²) >= 11 is 1.45. The Balaban J connectivity index is 1.56. The molecular weight excluding hydrogens is 350 g/mol. The van der Waals surface area contributed by atoms with Crippen molar-refractivity contribution in [3.05, 3.63) is 54.6 Å². The normalized spacial score (nSPS) is 12.0. The minimum atomic E-state index is -0.596. The van der Waals surface area contributed by atoms with E-state index in [2.05, 4.69) is 10.2 Å². The fourth-order valence-electron chi connectivity index (χ4n) is 2.36. The lowest BCUT2D eigenvalue weighted by Crippen LogP contribution is -2.20. The highest BCUT2D eigenvalue weighted by atomic mass is 32.2. The van der Waals surface area contributed by atoms with Crippen molar-refractivity contribution >= 4 is 11.8 Å². The van der Waals surface area contributed by atoms with Gasteiger partial charge in [0.05, 0.1) is 13.2 Å². The molecule has 0 saturated carbocycles. The van der Waals surface area contributed by atoms with Crippen molar-refractivity contribution in [1.82, 2.24) is 14.8 Å². The summed E-state index contributed by atoms with van der Waals surface area (Å²) in [6.45, 7) is 0.236. The van der Waals surface area contributed by atoms with Gasteiger partial charge in [-0.15, -0.1) is 10.2 Å². The van der Waals surface area contributed by atoms with Crippen molar-refractivity contribution < 1.29 is 14.6 Å². The molecule has 1 atom stereocenters. The lowest BCUT2D eigenvalue weighted by atomic mass is 10.2. The molecule has 1 heterocycles. The summed E-state index contributed by atoms with van der Waals surface area (Å²) in [7, 11) is 3.55. The first-order valence-electron chi connectivity index (χ1n) is 8.20. The Labute approximate surface area is 156 Å². The largest absolute Gasteiger partial charge is 0.497 e. The molecule has 0 saturated heterocycles. The van der Waals surface area contributed by atoms with Crippen molar-refractivity contribution in [2.75, 3.05) is 19.5 Å². The summed E-state index contributed by atoms with van der Waals surface area (Å²) in [5.41, 5.74) is 0.959. The van der Waals surface area contributed by atoms with Crippen molar-refractivity contribution in [3.8, 4) is 22.9 Å². The van der Waals surface area contributed by atoms with E-state index in [0.717, 1.165) is 28.0 Å². The lowest BCUT2D eigenvalue weighted by Gasteiger charge is -2.11. The second kappa shape index (κ2) is 8.73. The topological polar surface area (TPSA) is 69.4 Å². The molecule has 3 rings (SSSR count). The van der Waals surface area contributed by atoms with Gasteiger partial charge in [-0.25, -0.2) is 0 Å². The van der Waals surface area contributed by atoms with Gasteiger partial charge in [-0.1, -0.05) is 30.0 Å². The molecule has 0 radical (unpaired) electrons. The number of thioether (sulfide) groups is 1. The molecule has 0 spiro atoms. The Morgan fingerprint density at radius 1 is 1.04 bits per heavy atom. The van der Waals surface area contributed by atoms with Crippen LogP contribution in [0, 0.1) is 0 Å². The first-order chi connectivity index (χ1) is 12.7. The summed E-state index contributed by atoms with van der Waals surface area (Å²) in [5, 5.41) is 19.3. The summed E-state index contributed by atoms with van der Waals surface area (Å²) in [5.74, 6) is 2.79. The minimum absolute atomic E-state index is 0.236. The van der Waals surface area contributed by atoms with Gasteiger partial charge in [0.25, 0.3) is 0 Å². The van der Waals surface area contributed by atoms with E-state index in [4.69, 9.17) is 9.47 Å². The summed E-state index contributed by atoms with van der Waals surface area (Å²) in [6, 6.07) is 17.1. The molecule has 26 heavy (non-hydrogen) atoms. The molecule has 3 aromatic rings. The van der Waals surface area contributed by atoms with E-state index in [1.807, 2.05) is 66.2 Å². The number of methoxy groups -OCH3 is 1. The van der Waals surface area contributed by atoms with Crippen LogP contribution in [0.5, 0.6) is 11.5 Å². The van der Waals surface area contributed by atoms with E-state index in [0.29, 0.717) is 5.75 Å². The highest BCUT2D eigenvalue weighted by Crippen LogP contribution is 2.24.